The molecule has 0 aliphatic heterocycles. The van der Waals surface area contributed by atoms with Crippen LogP contribution >= 0.6 is 0 Å². The molecule has 2 aromatic carbocycles. The molecule has 0 bridgehead atoms. The average Bonchev–Trinajstić information content (AvgIpc) is 2.41. The zero-order chi connectivity index (χ0) is 13.4. The van der Waals surface area contributed by atoms with Gasteiger partial charge in [-0.2, -0.15) is 0 Å². The van der Waals surface area contributed by atoms with Crippen LogP contribution in [0.4, 0.5) is 0 Å². The first-order valence-corrected chi connectivity index (χ1v) is 5.28. The predicted octanol–water partition coefficient (Wildman–Crippen LogP) is 2.09. The SMILES string of the molecule is O=Cc1ccc(O)cc1.OCc1ccc(O)cc1. The minimum Gasteiger partial charge on any atom is -0.508 e. The summed E-state index contributed by atoms with van der Waals surface area (Å²) >= 11 is 0. The van der Waals surface area contributed by atoms with Crippen LogP contribution in [-0.4, -0.2) is 21.6 Å². The minimum absolute atomic E-state index is 0.0281. The van der Waals surface area contributed by atoms with Gasteiger partial charge in [0.25, 0.3) is 0 Å². The largest absolute Gasteiger partial charge is 0.508 e. The van der Waals surface area contributed by atoms with Gasteiger partial charge in [-0.3, -0.25) is 4.79 Å². The number of aliphatic hydroxyl groups is 1. The molecule has 0 amide bonds. The molecule has 0 saturated carbocycles. The number of carbonyl (C=O) groups excluding carboxylic acids is 1. The van der Waals surface area contributed by atoms with Crippen molar-refractivity contribution in [2.75, 3.05) is 0 Å². The van der Waals surface area contributed by atoms with Gasteiger partial charge in [0.1, 0.15) is 17.8 Å². The van der Waals surface area contributed by atoms with Crippen molar-refractivity contribution in [3.63, 3.8) is 0 Å². The van der Waals surface area contributed by atoms with Crippen LogP contribution < -0.4 is 0 Å². The molecule has 0 unspecified atom stereocenters. The Kier molecular flexibility index (Phi) is 5.41. The van der Waals surface area contributed by atoms with E-state index in [1.54, 1.807) is 36.4 Å². The van der Waals surface area contributed by atoms with E-state index < -0.39 is 0 Å². The third-order valence-corrected chi connectivity index (χ3v) is 2.15. The lowest BCUT2D eigenvalue weighted by molar-refractivity contribution is 0.112. The van der Waals surface area contributed by atoms with Crippen molar-refractivity contribution in [3.8, 4) is 11.5 Å². The first-order chi connectivity index (χ1) is 8.65. The Morgan fingerprint density at radius 2 is 1.28 bits per heavy atom. The van der Waals surface area contributed by atoms with Crippen LogP contribution in [-0.2, 0) is 6.61 Å². The number of phenols is 2. The Labute approximate surface area is 105 Å². The van der Waals surface area contributed by atoms with Crippen molar-refractivity contribution < 1.29 is 20.1 Å². The molecule has 0 fully saturated rings. The van der Waals surface area contributed by atoms with E-state index in [-0.39, 0.29) is 18.1 Å². The fourth-order valence-corrected chi connectivity index (χ4v) is 1.15. The van der Waals surface area contributed by atoms with E-state index >= 15 is 0 Å². The van der Waals surface area contributed by atoms with E-state index in [9.17, 15) is 4.79 Å². The van der Waals surface area contributed by atoms with Gasteiger partial charge in [-0.25, -0.2) is 0 Å². The second-order valence-electron chi connectivity index (χ2n) is 3.53. The number of aromatic hydroxyl groups is 2. The van der Waals surface area contributed by atoms with E-state index in [1.807, 2.05) is 0 Å². The Hall–Kier alpha value is -2.33. The fraction of sp³-hybridized carbons (Fsp3) is 0.0714. The summed E-state index contributed by atoms with van der Waals surface area (Å²) < 4.78 is 0. The van der Waals surface area contributed by atoms with Crippen molar-refractivity contribution >= 4 is 6.29 Å². The summed E-state index contributed by atoms with van der Waals surface area (Å²) in [5.74, 6) is 0.410. The molecule has 0 radical (unpaired) electrons. The number of rotatable bonds is 2. The quantitative estimate of drug-likeness (QED) is 0.709. The van der Waals surface area contributed by atoms with E-state index in [2.05, 4.69) is 0 Å². The van der Waals surface area contributed by atoms with Gasteiger partial charge in [0.2, 0.25) is 0 Å². The van der Waals surface area contributed by atoms with Crippen molar-refractivity contribution in [3.05, 3.63) is 59.7 Å². The molecule has 3 N–H and O–H groups in total. The summed E-state index contributed by atoms with van der Waals surface area (Å²) in [7, 11) is 0. The topological polar surface area (TPSA) is 77.8 Å². The van der Waals surface area contributed by atoms with Gasteiger partial charge < -0.3 is 15.3 Å². The van der Waals surface area contributed by atoms with Gasteiger partial charge in [0.15, 0.2) is 0 Å². The maximum absolute atomic E-state index is 10.0. The molecular formula is C14H14O4. The second kappa shape index (κ2) is 7.09. The highest BCUT2D eigenvalue weighted by Crippen LogP contribution is 2.08. The van der Waals surface area contributed by atoms with Gasteiger partial charge in [-0.15, -0.1) is 0 Å². The number of carbonyl (C=O) groups is 1. The molecule has 0 heterocycles. The zero-order valence-corrected chi connectivity index (χ0v) is 9.65. The van der Waals surface area contributed by atoms with Crippen LogP contribution in [0.25, 0.3) is 0 Å². The average molecular weight is 246 g/mol. The number of phenolic OH excluding ortho intramolecular Hbond substituents is 2. The van der Waals surface area contributed by atoms with Crippen LogP contribution in [0.1, 0.15) is 15.9 Å². The fourth-order valence-electron chi connectivity index (χ4n) is 1.15. The smallest absolute Gasteiger partial charge is 0.150 e. The molecule has 4 nitrogen and oxygen atoms in total. The van der Waals surface area contributed by atoms with Crippen LogP contribution in [0.15, 0.2) is 48.5 Å². The number of benzene rings is 2. The first kappa shape index (κ1) is 13.7. The highest BCUT2D eigenvalue weighted by molar-refractivity contribution is 5.74. The summed E-state index contributed by atoms with van der Waals surface area (Å²) in [4.78, 5) is 10.0. The molecule has 0 atom stereocenters. The Balaban J connectivity index is 0.000000180. The number of hydrogen-bond acceptors (Lipinski definition) is 4. The van der Waals surface area contributed by atoms with Gasteiger partial charge in [0, 0.05) is 5.56 Å². The van der Waals surface area contributed by atoms with Gasteiger partial charge in [-0.05, 0) is 42.0 Å². The Morgan fingerprint density at radius 1 is 0.833 bits per heavy atom. The minimum atomic E-state index is 0.0281. The summed E-state index contributed by atoms with van der Waals surface area (Å²) in [6.07, 6.45) is 0.736. The summed E-state index contributed by atoms with van der Waals surface area (Å²) in [6.45, 7) is 0.0281. The summed E-state index contributed by atoms with van der Waals surface area (Å²) in [5, 5.41) is 26.1. The molecule has 0 aromatic heterocycles. The first-order valence-electron chi connectivity index (χ1n) is 5.28. The second-order valence-corrected chi connectivity index (χ2v) is 3.53. The lowest BCUT2D eigenvalue weighted by Gasteiger charge is -1.93. The van der Waals surface area contributed by atoms with Crippen LogP contribution in [0, 0.1) is 0 Å². The lowest BCUT2D eigenvalue weighted by atomic mass is 10.2. The van der Waals surface area contributed by atoms with Crippen molar-refractivity contribution in [2.24, 2.45) is 0 Å². The van der Waals surface area contributed by atoms with E-state index in [0.29, 0.717) is 5.56 Å². The molecule has 94 valence electrons. The van der Waals surface area contributed by atoms with E-state index in [1.165, 1.54) is 12.1 Å². The maximum Gasteiger partial charge on any atom is 0.150 e. The number of aliphatic hydroxyl groups excluding tert-OH is 1. The van der Waals surface area contributed by atoms with Crippen LogP contribution in [0.3, 0.4) is 0 Å². The highest BCUT2D eigenvalue weighted by atomic mass is 16.3. The molecule has 18 heavy (non-hydrogen) atoms. The molecule has 4 heteroatoms. The molecule has 2 aromatic rings. The van der Waals surface area contributed by atoms with Crippen molar-refractivity contribution in [1.29, 1.82) is 0 Å². The molecule has 2 rings (SSSR count). The third kappa shape index (κ3) is 4.67. The third-order valence-electron chi connectivity index (χ3n) is 2.15. The summed E-state index contributed by atoms with van der Waals surface area (Å²) in [6, 6.07) is 12.5. The van der Waals surface area contributed by atoms with E-state index in [4.69, 9.17) is 15.3 Å². The maximum atomic E-state index is 10.0. The molecule has 0 aliphatic carbocycles. The molecule has 0 aliphatic rings. The normalized spacial score (nSPS) is 9.17. The molecule has 0 saturated heterocycles. The molecule has 0 spiro atoms. The van der Waals surface area contributed by atoms with Crippen molar-refractivity contribution in [1.82, 2.24) is 0 Å². The number of hydrogen-bond donors (Lipinski definition) is 3. The van der Waals surface area contributed by atoms with Gasteiger partial charge >= 0.3 is 0 Å². The summed E-state index contributed by atoms with van der Waals surface area (Å²) in [5.41, 5.74) is 1.39. The van der Waals surface area contributed by atoms with Crippen LogP contribution in [0.2, 0.25) is 0 Å². The Bertz CT molecular complexity index is 474. The van der Waals surface area contributed by atoms with E-state index in [0.717, 1.165) is 11.8 Å². The highest BCUT2D eigenvalue weighted by Gasteiger charge is 1.88. The van der Waals surface area contributed by atoms with Crippen molar-refractivity contribution in [2.45, 2.75) is 6.61 Å². The van der Waals surface area contributed by atoms with Crippen LogP contribution in [0.5, 0.6) is 11.5 Å². The molecular weight excluding hydrogens is 232 g/mol. The van der Waals surface area contributed by atoms with Gasteiger partial charge in [0.05, 0.1) is 6.61 Å². The predicted molar refractivity (Wildman–Crippen MR) is 67.5 cm³/mol. The van der Waals surface area contributed by atoms with Gasteiger partial charge in [-0.1, -0.05) is 12.1 Å². The monoisotopic (exact) mass is 246 g/mol. The number of aldehydes is 1. The zero-order valence-electron chi connectivity index (χ0n) is 9.65. The Morgan fingerprint density at radius 3 is 1.67 bits per heavy atom. The lowest BCUT2D eigenvalue weighted by Crippen LogP contribution is -1.78. The standard InChI is InChI=1S/C7H8O2.C7H6O2/c2*8-5-6-1-3-7(9)4-2-6/h1-4,8-9H,5H2;1-5,9H.